The minimum absolute atomic E-state index is 0.0756. The fourth-order valence-corrected chi connectivity index (χ4v) is 2.94. The highest BCUT2D eigenvalue weighted by Crippen LogP contribution is 2.50. The van der Waals surface area contributed by atoms with Crippen LogP contribution in [0.5, 0.6) is 0 Å². The fraction of sp³-hybridized carbons (Fsp3) is 0.538. The van der Waals surface area contributed by atoms with E-state index in [9.17, 15) is 13.5 Å². The number of rotatable bonds is 5. The Kier molecular flexibility index (Phi) is 3.54. The van der Waals surface area contributed by atoms with Crippen LogP contribution in [0.2, 0.25) is 0 Å². The molecule has 2 rings (SSSR count). The molecule has 1 aliphatic rings. The summed E-state index contributed by atoms with van der Waals surface area (Å²) in [7, 11) is -2.97. The molecule has 3 atom stereocenters. The van der Waals surface area contributed by atoms with Crippen molar-refractivity contribution >= 4 is 9.84 Å². The van der Waals surface area contributed by atoms with Crippen molar-refractivity contribution < 1.29 is 13.5 Å². The van der Waals surface area contributed by atoms with Crippen molar-refractivity contribution in [2.45, 2.75) is 24.9 Å². The molecule has 1 aliphatic carbocycles. The summed E-state index contributed by atoms with van der Waals surface area (Å²) >= 11 is 0. The van der Waals surface area contributed by atoms with E-state index in [4.69, 9.17) is 0 Å². The Morgan fingerprint density at radius 3 is 2.59 bits per heavy atom. The van der Waals surface area contributed by atoms with Gasteiger partial charge >= 0.3 is 0 Å². The van der Waals surface area contributed by atoms with E-state index in [0.29, 0.717) is 12.3 Å². The lowest BCUT2D eigenvalue weighted by Crippen LogP contribution is -2.16. The number of benzene rings is 1. The second-order valence-corrected chi connectivity index (χ2v) is 7.16. The van der Waals surface area contributed by atoms with Crippen molar-refractivity contribution in [3.05, 3.63) is 35.9 Å². The Hall–Kier alpha value is -0.870. The number of hydrogen-bond donors (Lipinski definition) is 1. The molecular weight excluding hydrogens is 236 g/mol. The summed E-state index contributed by atoms with van der Waals surface area (Å²) in [6, 6.07) is 10.1. The third-order valence-electron chi connectivity index (χ3n) is 3.35. The van der Waals surface area contributed by atoms with E-state index in [1.807, 2.05) is 18.2 Å². The standard InChI is InChI=1S/C13H18O3S/c1-17(15,16)8-7-13(14)12-9-11(12)10-5-3-2-4-6-10/h2-6,11-14H,7-9H2,1H3. The molecule has 0 radical (unpaired) electrons. The van der Waals surface area contributed by atoms with E-state index in [-0.39, 0.29) is 11.7 Å². The molecule has 0 spiro atoms. The van der Waals surface area contributed by atoms with E-state index in [2.05, 4.69) is 12.1 Å². The minimum Gasteiger partial charge on any atom is -0.393 e. The van der Waals surface area contributed by atoms with Crippen LogP contribution in [0.15, 0.2) is 30.3 Å². The lowest BCUT2D eigenvalue weighted by Gasteiger charge is -2.09. The largest absolute Gasteiger partial charge is 0.393 e. The predicted molar refractivity (Wildman–Crippen MR) is 67.6 cm³/mol. The van der Waals surface area contributed by atoms with Crippen LogP contribution in [0.1, 0.15) is 24.3 Å². The Bertz CT molecular complexity index is 467. The van der Waals surface area contributed by atoms with Crippen LogP contribution in [0.4, 0.5) is 0 Å². The summed E-state index contributed by atoms with van der Waals surface area (Å²) in [5, 5.41) is 9.92. The maximum atomic E-state index is 11.0. The van der Waals surface area contributed by atoms with Crippen molar-refractivity contribution in [3.63, 3.8) is 0 Å². The SMILES string of the molecule is CS(=O)(=O)CCC(O)C1CC1c1ccccc1. The molecule has 17 heavy (non-hydrogen) atoms. The van der Waals surface area contributed by atoms with E-state index < -0.39 is 15.9 Å². The smallest absolute Gasteiger partial charge is 0.147 e. The van der Waals surface area contributed by atoms with Crippen molar-refractivity contribution in [2.24, 2.45) is 5.92 Å². The summed E-state index contributed by atoms with van der Waals surface area (Å²) in [6.07, 6.45) is 2.04. The molecule has 0 aromatic heterocycles. The maximum absolute atomic E-state index is 11.0. The van der Waals surface area contributed by atoms with E-state index in [1.54, 1.807) is 0 Å². The second kappa shape index (κ2) is 4.78. The fourth-order valence-electron chi connectivity index (χ4n) is 2.27. The van der Waals surface area contributed by atoms with Gasteiger partial charge in [0.1, 0.15) is 9.84 Å². The van der Waals surface area contributed by atoms with E-state index >= 15 is 0 Å². The molecule has 1 N–H and O–H groups in total. The molecule has 94 valence electrons. The molecule has 1 aromatic rings. The molecule has 0 heterocycles. The van der Waals surface area contributed by atoms with Crippen LogP contribution in [0, 0.1) is 5.92 Å². The third-order valence-corrected chi connectivity index (χ3v) is 4.32. The van der Waals surface area contributed by atoms with Gasteiger partial charge in [0.25, 0.3) is 0 Å². The highest BCUT2D eigenvalue weighted by atomic mass is 32.2. The number of hydrogen-bond acceptors (Lipinski definition) is 3. The zero-order valence-corrected chi connectivity index (χ0v) is 10.7. The molecule has 3 nitrogen and oxygen atoms in total. The molecule has 0 amide bonds. The van der Waals surface area contributed by atoms with Crippen LogP contribution in [-0.2, 0) is 9.84 Å². The third kappa shape index (κ3) is 3.54. The van der Waals surface area contributed by atoms with Gasteiger partial charge in [0.05, 0.1) is 11.9 Å². The molecule has 1 aromatic carbocycles. The summed E-state index contributed by atoms with van der Waals surface area (Å²) in [5.74, 6) is 0.719. The van der Waals surface area contributed by atoms with Gasteiger partial charge in [-0.15, -0.1) is 0 Å². The van der Waals surface area contributed by atoms with Crippen LogP contribution in [-0.4, -0.2) is 31.6 Å². The van der Waals surface area contributed by atoms with Crippen molar-refractivity contribution in [2.75, 3.05) is 12.0 Å². The monoisotopic (exact) mass is 254 g/mol. The Labute approximate surface area is 102 Å². The average Bonchev–Trinajstić information content (AvgIpc) is 3.06. The quantitative estimate of drug-likeness (QED) is 0.868. The number of aliphatic hydroxyl groups excluding tert-OH is 1. The van der Waals surface area contributed by atoms with Crippen molar-refractivity contribution in [3.8, 4) is 0 Å². The molecule has 1 saturated carbocycles. The predicted octanol–water partition coefficient (Wildman–Crippen LogP) is 1.59. The first-order chi connectivity index (χ1) is 7.97. The van der Waals surface area contributed by atoms with E-state index in [1.165, 1.54) is 11.8 Å². The van der Waals surface area contributed by atoms with E-state index in [0.717, 1.165) is 6.42 Å². The van der Waals surface area contributed by atoms with Gasteiger partial charge in [0, 0.05) is 6.26 Å². The zero-order chi connectivity index (χ0) is 12.5. The van der Waals surface area contributed by atoms with Gasteiger partial charge in [-0.1, -0.05) is 30.3 Å². The molecule has 0 aliphatic heterocycles. The molecule has 4 heteroatoms. The summed E-state index contributed by atoms with van der Waals surface area (Å²) in [4.78, 5) is 0. The molecular formula is C13H18O3S. The summed E-state index contributed by atoms with van der Waals surface area (Å²) in [5.41, 5.74) is 1.25. The normalized spacial score (nSPS) is 25.5. The van der Waals surface area contributed by atoms with Gasteiger partial charge in [-0.25, -0.2) is 8.42 Å². The second-order valence-electron chi connectivity index (χ2n) is 4.90. The van der Waals surface area contributed by atoms with Crippen LogP contribution < -0.4 is 0 Å². The van der Waals surface area contributed by atoms with Gasteiger partial charge in [0.2, 0.25) is 0 Å². The van der Waals surface area contributed by atoms with Gasteiger partial charge < -0.3 is 5.11 Å². The van der Waals surface area contributed by atoms with Gasteiger partial charge in [-0.05, 0) is 30.2 Å². The molecule has 3 unspecified atom stereocenters. The Balaban J connectivity index is 1.87. The minimum atomic E-state index is -2.97. The first-order valence-electron chi connectivity index (χ1n) is 5.88. The average molecular weight is 254 g/mol. The Morgan fingerprint density at radius 2 is 2.00 bits per heavy atom. The highest BCUT2D eigenvalue weighted by Gasteiger charge is 2.43. The van der Waals surface area contributed by atoms with Crippen LogP contribution in [0.25, 0.3) is 0 Å². The molecule has 0 bridgehead atoms. The van der Waals surface area contributed by atoms with Gasteiger partial charge in [-0.3, -0.25) is 0 Å². The van der Waals surface area contributed by atoms with Crippen molar-refractivity contribution in [1.82, 2.24) is 0 Å². The first kappa shape index (κ1) is 12.6. The Morgan fingerprint density at radius 1 is 1.35 bits per heavy atom. The summed E-state index contributed by atoms with van der Waals surface area (Å²) < 4.78 is 22.0. The van der Waals surface area contributed by atoms with Crippen molar-refractivity contribution in [1.29, 1.82) is 0 Å². The van der Waals surface area contributed by atoms with Crippen LogP contribution >= 0.6 is 0 Å². The lowest BCUT2D eigenvalue weighted by atomic mass is 10.1. The molecule has 0 saturated heterocycles. The maximum Gasteiger partial charge on any atom is 0.147 e. The highest BCUT2D eigenvalue weighted by molar-refractivity contribution is 7.90. The number of aliphatic hydroxyl groups is 1. The van der Waals surface area contributed by atoms with Gasteiger partial charge in [-0.2, -0.15) is 0 Å². The first-order valence-corrected chi connectivity index (χ1v) is 7.94. The van der Waals surface area contributed by atoms with Crippen LogP contribution in [0.3, 0.4) is 0 Å². The van der Waals surface area contributed by atoms with Gasteiger partial charge in [0.15, 0.2) is 0 Å². The topological polar surface area (TPSA) is 54.4 Å². The lowest BCUT2D eigenvalue weighted by molar-refractivity contribution is 0.145. The molecule has 1 fully saturated rings. The zero-order valence-electron chi connectivity index (χ0n) is 9.91. The number of sulfone groups is 1. The summed E-state index contributed by atoms with van der Waals surface area (Å²) in [6.45, 7) is 0.